The van der Waals surface area contributed by atoms with Crippen molar-refractivity contribution in [3.05, 3.63) is 35.4 Å². The minimum Gasteiger partial charge on any atom is -0.497 e. The molecule has 0 saturated carbocycles. The number of nitrogens with two attached hydrogens (primary N) is 1. The zero-order valence-electron chi connectivity index (χ0n) is 9.29. The van der Waals surface area contributed by atoms with Gasteiger partial charge in [-0.15, -0.1) is 0 Å². The molecule has 0 radical (unpaired) electrons. The van der Waals surface area contributed by atoms with E-state index >= 15 is 0 Å². The third-order valence-electron chi connectivity index (χ3n) is 3.05. The largest absolute Gasteiger partial charge is 0.497 e. The summed E-state index contributed by atoms with van der Waals surface area (Å²) in [5.74, 6) is 1.38. The predicted octanol–water partition coefficient (Wildman–Crippen LogP) is 2.23. The van der Waals surface area contributed by atoms with E-state index in [1.807, 2.05) is 6.07 Å². The lowest BCUT2D eigenvalue weighted by Crippen LogP contribution is -2.11. The molecule has 2 heteroatoms. The Kier molecular flexibility index (Phi) is 2.78. The molecule has 15 heavy (non-hydrogen) atoms. The first-order chi connectivity index (χ1) is 7.26. The van der Waals surface area contributed by atoms with Gasteiger partial charge < -0.3 is 10.5 Å². The maximum absolute atomic E-state index is 5.70. The summed E-state index contributed by atoms with van der Waals surface area (Å²) in [6.45, 7) is 2.88. The summed E-state index contributed by atoms with van der Waals surface area (Å²) in [5.41, 5.74) is 9.78. The van der Waals surface area contributed by atoms with Gasteiger partial charge in [0.1, 0.15) is 5.75 Å². The number of allylic oxidation sites excluding steroid dienone is 1. The second-order valence-electron chi connectivity index (χ2n) is 4.02. The Labute approximate surface area is 90.7 Å². The lowest BCUT2D eigenvalue weighted by molar-refractivity contribution is 0.414. The van der Waals surface area contributed by atoms with Crippen LogP contribution in [0.4, 0.5) is 0 Å². The van der Waals surface area contributed by atoms with Gasteiger partial charge in [-0.25, -0.2) is 0 Å². The quantitative estimate of drug-likeness (QED) is 0.817. The first-order valence-electron chi connectivity index (χ1n) is 5.33. The van der Waals surface area contributed by atoms with Crippen molar-refractivity contribution in [2.75, 3.05) is 13.7 Å². The fourth-order valence-electron chi connectivity index (χ4n) is 2.07. The molecule has 2 N–H and O–H groups in total. The molecule has 0 aromatic heterocycles. The number of benzene rings is 1. The molecule has 2 nitrogen and oxygen atoms in total. The van der Waals surface area contributed by atoms with Crippen LogP contribution in [0.5, 0.6) is 5.75 Å². The maximum atomic E-state index is 5.70. The van der Waals surface area contributed by atoms with Gasteiger partial charge in [0, 0.05) is 0 Å². The molecule has 1 atom stereocenters. The summed E-state index contributed by atoms with van der Waals surface area (Å²) in [4.78, 5) is 0. The summed E-state index contributed by atoms with van der Waals surface area (Å²) in [6.07, 6.45) is 3.29. The van der Waals surface area contributed by atoms with Crippen LogP contribution in [-0.2, 0) is 6.42 Å². The van der Waals surface area contributed by atoms with Gasteiger partial charge in [-0.2, -0.15) is 0 Å². The molecule has 0 fully saturated rings. The van der Waals surface area contributed by atoms with Crippen LogP contribution in [0, 0.1) is 5.92 Å². The van der Waals surface area contributed by atoms with Gasteiger partial charge in [-0.1, -0.05) is 19.1 Å². The lowest BCUT2D eigenvalue weighted by atomic mass is 9.95. The highest BCUT2D eigenvalue weighted by atomic mass is 16.5. The highest BCUT2D eigenvalue weighted by Gasteiger charge is 2.18. The van der Waals surface area contributed by atoms with Gasteiger partial charge in [0.25, 0.3) is 0 Å². The number of methoxy groups -OCH3 is 1. The molecule has 2 rings (SSSR count). The van der Waals surface area contributed by atoms with E-state index < -0.39 is 0 Å². The van der Waals surface area contributed by atoms with Gasteiger partial charge in [-0.3, -0.25) is 0 Å². The standard InChI is InChI=1S/C13H17NO/c1-9(8-14)12-5-3-10-7-11(15-2)4-6-13(10)12/h4-7,9H,3,8,14H2,1-2H3. The van der Waals surface area contributed by atoms with Crippen LogP contribution in [-0.4, -0.2) is 13.7 Å². The van der Waals surface area contributed by atoms with Crippen molar-refractivity contribution in [1.82, 2.24) is 0 Å². The second-order valence-corrected chi connectivity index (χ2v) is 4.02. The van der Waals surface area contributed by atoms with Crippen molar-refractivity contribution in [3.8, 4) is 5.75 Å². The van der Waals surface area contributed by atoms with E-state index in [0.717, 1.165) is 12.2 Å². The predicted molar refractivity (Wildman–Crippen MR) is 62.9 cm³/mol. The maximum Gasteiger partial charge on any atom is 0.119 e. The van der Waals surface area contributed by atoms with Gasteiger partial charge in [0.05, 0.1) is 7.11 Å². The SMILES string of the molecule is COc1ccc2c(c1)CC=C2C(C)CN. The summed E-state index contributed by atoms with van der Waals surface area (Å²) < 4.78 is 5.21. The molecular formula is C13H17NO. The Morgan fingerprint density at radius 3 is 2.93 bits per heavy atom. The second kappa shape index (κ2) is 4.07. The molecule has 0 bridgehead atoms. The topological polar surface area (TPSA) is 35.2 Å². The van der Waals surface area contributed by atoms with Gasteiger partial charge >= 0.3 is 0 Å². The first-order valence-corrected chi connectivity index (χ1v) is 5.33. The smallest absolute Gasteiger partial charge is 0.119 e. The fraction of sp³-hybridized carbons (Fsp3) is 0.385. The molecule has 1 aliphatic carbocycles. The average Bonchev–Trinajstić information content (AvgIpc) is 2.70. The van der Waals surface area contributed by atoms with Gasteiger partial charge in [-0.05, 0) is 47.7 Å². The van der Waals surface area contributed by atoms with Crippen molar-refractivity contribution >= 4 is 5.57 Å². The van der Waals surface area contributed by atoms with E-state index in [4.69, 9.17) is 10.5 Å². The third kappa shape index (κ3) is 1.77. The van der Waals surface area contributed by atoms with Crippen LogP contribution in [0.2, 0.25) is 0 Å². The molecule has 0 amide bonds. The highest BCUT2D eigenvalue weighted by molar-refractivity contribution is 5.75. The third-order valence-corrected chi connectivity index (χ3v) is 3.05. The number of ether oxygens (including phenoxy) is 1. The molecule has 1 unspecified atom stereocenters. The molecule has 1 aromatic rings. The van der Waals surface area contributed by atoms with Gasteiger partial charge in [0.15, 0.2) is 0 Å². The molecule has 1 aliphatic rings. The number of fused-ring (bicyclic) bond motifs is 1. The van der Waals surface area contributed by atoms with Crippen LogP contribution in [0.25, 0.3) is 5.57 Å². The highest BCUT2D eigenvalue weighted by Crippen LogP contribution is 2.34. The molecule has 0 heterocycles. The molecule has 1 aromatic carbocycles. The Bertz CT molecular complexity index is 396. The average molecular weight is 203 g/mol. The van der Waals surface area contributed by atoms with Crippen LogP contribution in [0.1, 0.15) is 18.1 Å². The monoisotopic (exact) mass is 203 g/mol. The van der Waals surface area contributed by atoms with E-state index in [9.17, 15) is 0 Å². The summed E-state index contributed by atoms with van der Waals surface area (Å²) >= 11 is 0. The number of hydrogen-bond acceptors (Lipinski definition) is 2. The number of hydrogen-bond donors (Lipinski definition) is 1. The van der Waals surface area contributed by atoms with Crippen molar-refractivity contribution in [2.45, 2.75) is 13.3 Å². The zero-order chi connectivity index (χ0) is 10.8. The molecule has 80 valence electrons. The van der Waals surface area contributed by atoms with E-state index in [2.05, 4.69) is 25.1 Å². The van der Waals surface area contributed by atoms with Crippen LogP contribution in [0.15, 0.2) is 24.3 Å². The van der Waals surface area contributed by atoms with Crippen LogP contribution < -0.4 is 10.5 Å². The Balaban J connectivity index is 2.33. The van der Waals surface area contributed by atoms with Crippen molar-refractivity contribution in [1.29, 1.82) is 0 Å². The molecule has 0 spiro atoms. The number of rotatable bonds is 3. The Morgan fingerprint density at radius 1 is 1.47 bits per heavy atom. The van der Waals surface area contributed by atoms with Crippen LogP contribution >= 0.6 is 0 Å². The Hall–Kier alpha value is -1.28. The summed E-state index contributed by atoms with van der Waals surface area (Å²) in [7, 11) is 1.70. The summed E-state index contributed by atoms with van der Waals surface area (Å²) in [5, 5.41) is 0. The molecule has 0 aliphatic heterocycles. The van der Waals surface area contributed by atoms with E-state index in [0.29, 0.717) is 12.5 Å². The summed E-state index contributed by atoms with van der Waals surface area (Å²) in [6, 6.07) is 6.27. The lowest BCUT2D eigenvalue weighted by Gasteiger charge is -2.12. The first kappa shape index (κ1) is 10.2. The minimum atomic E-state index is 0.444. The van der Waals surface area contributed by atoms with E-state index in [1.165, 1.54) is 16.7 Å². The van der Waals surface area contributed by atoms with E-state index in [-0.39, 0.29) is 0 Å². The fourth-order valence-corrected chi connectivity index (χ4v) is 2.07. The van der Waals surface area contributed by atoms with Gasteiger partial charge in [0.2, 0.25) is 0 Å². The normalized spacial score (nSPS) is 15.8. The van der Waals surface area contributed by atoms with Crippen molar-refractivity contribution in [2.24, 2.45) is 11.7 Å². The molecular weight excluding hydrogens is 186 g/mol. The molecule has 0 saturated heterocycles. The van der Waals surface area contributed by atoms with Crippen LogP contribution in [0.3, 0.4) is 0 Å². The minimum absolute atomic E-state index is 0.444. The van der Waals surface area contributed by atoms with Crippen molar-refractivity contribution < 1.29 is 4.74 Å². The van der Waals surface area contributed by atoms with E-state index in [1.54, 1.807) is 7.11 Å². The van der Waals surface area contributed by atoms with Crippen molar-refractivity contribution in [3.63, 3.8) is 0 Å². The zero-order valence-corrected chi connectivity index (χ0v) is 9.29. The Morgan fingerprint density at radius 2 is 2.27 bits per heavy atom.